The molecule has 0 aliphatic rings. The molecule has 226 valence electrons. The lowest BCUT2D eigenvalue weighted by atomic mass is 10.1. The van der Waals surface area contributed by atoms with Crippen LogP contribution in [0.5, 0.6) is 5.75 Å². The number of hydrogen-bond acceptors (Lipinski definition) is 5. The molecule has 0 fully saturated rings. The average Bonchev–Trinajstić information content (AvgIpc) is 2.96. The summed E-state index contributed by atoms with van der Waals surface area (Å²) in [5.41, 5.74) is 0.741. The standard InChI is InChI=1S/C30H34Cl3N3O5S/c1-5-20(3)34-30(38)28(6-2)35(18-21-10-11-23(32)17-27(21)33)29(37)19-36(24-9-7-8-22(31)16-24)42(39,40)26-14-12-25(41-4)13-15-26/h7-17,20,28H,5-6,18-19H2,1-4H3,(H,34,38). The summed E-state index contributed by atoms with van der Waals surface area (Å²) < 4.78 is 34.1. The Bertz CT molecular complexity index is 1500. The number of amides is 2. The topological polar surface area (TPSA) is 96.0 Å². The maximum atomic E-state index is 14.2. The van der Waals surface area contributed by atoms with Crippen molar-refractivity contribution in [2.45, 2.75) is 57.1 Å². The molecule has 2 unspecified atom stereocenters. The highest BCUT2D eigenvalue weighted by Gasteiger charge is 2.34. The van der Waals surface area contributed by atoms with Gasteiger partial charge in [0.05, 0.1) is 17.7 Å². The lowest BCUT2D eigenvalue weighted by molar-refractivity contribution is -0.140. The van der Waals surface area contributed by atoms with Crippen molar-refractivity contribution in [3.05, 3.63) is 87.4 Å². The molecule has 0 spiro atoms. The largest absolute Gasteiger partial charge is 0.497 e. The van der Waals surface area contributed by atoms with Crippen molar-refractivity contribution >= 4 is 62.3 Å². The van der Waals surface area contributed by atoms with E-state index in [1.54, 1.807) is 43.3 Å². The first-order chi connectivity index (χ1) is 19.9. The van der Waals surface area contributed by atoms with Gasteiger partial charge in [0, 0.05) is 27.7 Å². The van der Waals surface area contributed by atoms with Gasteiger partial charge < -0.3 is 15.0 Å². The summed E-state index contributed by atoms with van der Waals surface area (Å²) in [6, 6.07) is 15.9. The summed E-state index contributed by atoms with van der Waals surface area (Å²) in [5.74, 6) is -0.481. The van der Waals surface area contributed by atoms with Crippen LogP contribution in [0.3, 0.4) is 0 Å². The molecule has 0 saturated heterocycles. The lowest BCUT2D eigenvalue weighted by Gasteiger charge is -2.34. The average molecular weight is 655 g/mol. The zero-order valence-corrected chi connectivity index (χ0v) is 26.9. The predicted molar refractivity (Wildman–Crippen MR) is 168 cm³/mol. The molecule has 1 N–H and O–H groups in total. The molecule has 0 aliphatic heterocycles. The second-order valence-electron chi connectivity index (χ2n) is 9.67. The number of carbonyl (C=O) groups is 2. The van der Waals surface area contributed by atoms with E-state index < -0.39 is 28.5 Å². The molecule has 0 saturated carbocycles. The predicted octanol–water partition coefficient (Wildman–Crippen LogP) is 6.57. The number of benzene rings is 3. The van der Waals surface area contributed by atoms with Crippen LogP contribution in [0, 0.1) is 0 Å². The van der Waals surface area contributed by atoms with Crippen LogP contribution in [0.25, 0.3) is 0 Å². The lowest BCUT2D eigenvalue weighted by Crippen LogP contribution is -2.53. The second-order valence-corrected chi connectivity index (χ2v) is 12.8. The third-order valence-electron chi connectivity index (χ3n) is 6.77. The van der Waals surface area contributed by atoms with E-state index in [0.29, 0.717) is 32.8 Å². The van der Waals surface area contributed by atoms with Gasteiger partial charge in [0.1, 0.15) is 18.3 Å². The highest BCUT2D eigenvalue weighted by atomic mass is 35.5. The van der Waals surface area contributed by atoms with E-state index in [9.17, 15) is 18.0 Å². The highest BCUT2D eigenvalue weighted by molar-refractivity contribution is 7.92. The van der Waals surface area contributed by atoms with Gasteiger partial charge in [-0.3, -0.25) is 13.9 Å². The number of halogens is 3. The molecule has 0 aromatic heterocycles. The minimum atomic E-state index is -4.26. The van der Waals surface area contributed by atoms with Crippen molar-refractivity contribution in [3.63, 3.8) is 0 Å². The van der Waals surface area contributed by atoms with Crippen molar-refractivity contribution in [2.24, 2.45) is 0 Å². The summed E-state index contributed by atoms with van der Waals surface area (Å²) in [4.78, 5) is 28.8. The van der Waals surface area contributed by atoms with E-state index in [2.05, 4.69) is 5.32 Å². The van der Waals surface area contributed by atoms with Gasteiger partial charge in [0.25, 0.3) is 10.0 Å². The molecular formula is C30H34Cl3N3O5S. The van der Waals surface area contributed by atoms with E-state index in [1.807, 2.05) is 13.8 Å². The first-order valence-electron chi connectivity index (χ1n) is 13.4. The smallest absolute Gasteiger partial charge is 0.264 e. The van der Waals surface area contributed by atoms with Gasteiger partial charge in [-0.1, -0.05) is 60.8 Å². The number of sulfonamides is 1. The Labute approximate surface area is 262 Å². The van der Waals surface area contributed by atoms with Crippen LogP contribution in [0.2, 0.25) is 15.1 Å². The molecule has 2 amide bonds. The maximum absolute atomic E-state index is 14.2. The van der Waals surface area contributed by atoms with Crippen molar-refractivity contribution in [3.8, 4) is 5.75 Å². The molecule has 8 nitrogen and oxygen atoms in total. The molecule has 0 bridgehead atoms. The number of nitrogens with one attached hydrogen (secondary N) is 1. The number of anilines is 1. The zero-order valence-electron chi connectivity index (χ0n) is 23.8. The molecule has 3 rings (SSSR count). The maximum Gasteiger partial charge on any atom is 0.264 e. The number of hydrogen-bond donors (Lipinski definition) is 1. The van der Waals surface area contributed by atoms with Gasteiger partial charge in [-0.05, 0) is 79.9 Å². The molecule has 3 aromatic carbocycles. The van der Waals surface area contributed by atoms with Crippen molar-refractivity contribution < 1.29 is 22.7 Å². The van der Waals surface area contributed by atoms with Gasteiger partial charge in [0.2, 0.25) is 11.8 Å². The van der Waals surface area contributed by atoms with E-state index in [1.165, 1.54) is 42.3 Å². The van der Waals surface area contributed by atoms with Crippen LogP contribution in [0.15, 0.2) is 71.6 Å². The van der Waals surface area contributed by atoms with Crippen LogP contribution in [0.4, 0.5) is 5.69 Å². The Morgan fingerprint density at radius 3 is 2.17 bits per heavy atom. The van der Waals surface area contributed by atoms with Gasteiger partial charge in [0.15, 0.2) is 0 Å². The van der Waals surface area contributed by atoms with E-state index >= 15 is 0 Å². The second kappa shape index (κ2) is 15.0. The fourth-order valence-corrected chi connectivity index (χ4v) is 6.29. The Morgan fingerprint density at radius 1 is 0.929 bits per heavy atom. The Hall–Kier alpha value is -2.98. The molecule has 3 aromatic rings. The number of carbonyl (C=O) groups excluding carboxylic acids is 2. The zero-order chi connectivity index (χ0) is 31.0. The summed E-state index contributed by atoms with van der Waals surface area (Å²) in [6.07, 6.45) is 0.976. The Kier molecular flexibility index (Phi) is 11.9. The van der Waals surface area contributed by atoms with E-state index in [4.69, 9.17) is 39.5 Å². The Balaban J connectivity index is 2.09. The number of rotatable bonds is 13. The van der Waals surface area contributed by atoms with Crippen LogP contribution in [-0.2, 0) is 26.2 Å². The van der Waals surface area contributed by atoms with Gasteiger partial charge in [-0.2, -0.15) is 0 Å². The monoisotopic (exact) mass is 653 g/mol. The van der Waals surface area contributed by atoms with E-state index in [0.717, 1.165) is 4.31 Å². The number of methoxy groups -OCH3 is 1. The first-order valence-corrected chi connectivity index (χ1v) is 15.9. The molecule has 2 atom stereocenters. The van der Waals surface area contributed by atoms with Crippen LogP contribution in [0.1, 0.15) is 39.2 Å². The Morgan fingerprint density at radius 2 is 1.60 bits per heavy atom. The molecule has 0 aliphatic carbocycles. The molecule has 42 heavy (non-hydrogen) atoms. The first kappa shape index (κ1) is 33.5. The fourth-order valence-electron chi connectivity index (χ4n) is 4.23. The van der Waals surface area contributed by atoms with Crippen LogP contribution < -0.4 is 14.4 Å². The molecule has 0 heterocycles. The normalized spacial score (nSPS) is 12.7. The van der Waals surface area contributed by atoms with Crippen molar-refractivity contribution in [2.75, 3.05) is 18.0 Å². The minimum Gasteiger partial charge on any atom is -0.497 e. The van der Waals surface area contributed by atoms with Gasteiger partial charge in [-0.15, -0.1) is 0 Å². The van der Waals surface area contributed by atoms with E-state index in [-0.39, 0.29) is 35.5 Å². The van der Waals surface area contributed by atoms with Gasteiger partial charge >= 0.3 is 0 Å². The number of nitrogens with zero attached hydrogens (tertiary/aromatic N) is 2. The third-order valence-corrected chi connectivity index (χ3v) is 9.38. The van der Waals surface area contributed by atoms with Crippen molar-refractivity contribution in [1.29, 1.82) is 0 Å². The SMILES string of the molecule is CCC(C)NC(=O)C(CC)N(Cc1ccc(Cl)cc1Cl)C(=O)CN(c1cccc(Cl)c1)S(=O)(=O)c1ccc(OC)cc1. The summed E-state index contributed by atoms with van der Waals surface area (Å²) in [5, 5.41) is 3.96. The van der Waals surface area contributed by atoms with Crippen molar-refractivity contribution in [1.82, 2.24) is 10.2 Å². The summed E-state index contributed by atoms with van der Waals surface area (Å²) in [6.45, 7) is 4.94. The summed E-state index contributed by atoms with van der Waals surface area (Å²) >= 11 is 18.8. The quantitative estimate of drug-likeness (QED) is 0.225. The fraction of sp³-hybridized carbons (Fsp3) is 0.333. The van der Waals surface area contributed by atoms with Gasteiger partial charge in [-0.25, -0.2) is 8.42 Å². The van der Waals surface area contributed by atoms with Crippen LogP contribution >= 0.6 is 34.8 Å². The third kappa shape index (κ3) is 8.31. The molecule has 0 radical (unpaired) electrons. The molecular weight excluding hydrogens is 621 g/mol. The minimum absolute atomic E-state index is 0.0484. The number of ether oxygens (including phenoxy) is 1. The molecule has 12 heteroatoms. The highest BCUT2D eigenvalue weighted by Crippen LogP contribution is 2.29. The summed E-state index contributed by atoms with van der Waals surface area (Å²) in [7, 11) is -2.78. The van der Waals surface area contributed by atoms with Crippen LogP contribution in [-0.4, -0.2) is 50.9 Å².